The van der Waals surface area contributed by atoms with Crippen molar-refractivity contribution in [2.24, 2.45) is 0 Å². The Bertz CT molecular complexity index is 525. The minimum atomic E-state index is -0.898. The van der Waals surface area contributed by atoms with E-state index in [-0.39, 0.29) is 16.7 Å². The molecule has 0 fully saturated rings. The summed E-state index contributed by atoms with van der Waals surface area (Å²) < 4.78 is 0. The molecule has 0 N–H and O–H groups in total. The largest absolute Gasteiger partial charge is 0.287 e. The third-order valence-corrected chi connectivity index (χ3v) is 2.00. The highest BCUT2D eigenvalue weighted by molar-refractivity contribution is 6.18. The van der Waals surface area contributed by atoms with Gasteiger partial charge in [-0.15, -0.1) is 0 Å². The molecule has 0 aromatic rings. The van der Waals surface area contributed by atoms with Gasteiger partial charge in [0.2, 0.25) is 5.78 Å². The normalized spacial score (nSPS) is 15.0. The van der Waals surface area contributed by atoms with Crippen molar-refractivity contribution in [3.8, 4) is 24.3 Å². The van der Waals surface area contributed by atoms with Crippen molar-refractivity contribution >= 4 is 5.78 Å². The first-order chi connectivity index (χ1) is 7.62. The van der Waals surface area contributed by atoms with Crippen molar-refractivity contribution in [3.05, 3.63) is 34.4 Å². The summed E-state index contributed by atoms with van der Waals surface area (Å²) in [5.74, 6) is -0.898. The molecule has 0 heterocycles. The Labute approximate surface area is 91.0 Å². The van der Waals surface area contributed by atoms with Gasteiger partial charge < -0.3 is 0 Å². The zero-order chi connectivity index (χ0) is 12.3. The standard InChI is InChI=1S/C11H2N4O/c1-6-7(2-12)9(4-14)11(16)10(5-15)8(6)3-13/h1H2. The lowest BCUT2D eigenvalue weighted by Crippen LogP contribution is -2.15. The molecule has 0 atom stereocenters. The summed E-state index contributed by atoms with van der Waals surface area (Å²) in [7, 11) is 0. The highest BCUT2D eigenvalue weighted by Crippen LogP contribution is 2.30. The first-order valence-electron chi connectivity index (χ1n) is 3.95. The van der Waals surface area contributed by atoms with Crippen LogP contribution in [0, 0.1) is 45.3 Å². The van der Waals surface area contributed by atoms with Gasteiger partial charge in [-0.1, -0.05) is 6.58 Å². The van der Waals surface area contributed by atoms with E-state index in [9.17, 15) is 4.79 Å². The first-order valence-corrected chi connectivity index (χ1v) is 3.95. The minimum absolute atomic E-state index is 0.0577. The maximum atomic E-state index is 11.6. The molecule has 0 saturated heterocycles. The van der Waals surface area contributed by atoms with E-state index in [0.29, 0.717) is 0 Å². The summed E-state index contributed by atoms with van der Waals surface area (Å²) >= 11 is 0. The number of nitrogens with zero attached hydrogens (tertiary/aromatic N) is 4. The number of nitriles is 4. The molecule has 0 saturated carbocycles. The fourth-order valence-corrected chi connectivity index (χ4v) is 1.24. The smallest absolute Gasteiger partial charge is 0.216 e. The molecule has 0 unspecified atom stereocenters. The van der Waals surface area contributed by atoms with Gasteiger partial charge in [0.15, 0.2) is 0 Å². The first kappa shape index (κ1) is 10.9. The van der Waals surface area contributed by atoms with Crippen LogP contribution < -0.4 is 0 Å². The zero-order valence-corrected chi connectivity index (χ0v) is 7.90. The van der Waals surface area contributed by atoms with Crippen molar-refractivity contribution < 1.29 is 4.79 Å². The van der Waals surface area contributed by atoms with Crippen LogP contribution in [0.25, 0.3) is 0 Å². The second kappa shape index (κ2) is 3.93. The quantitative estimate of drug-likeness (QED) is 0.582. The predicted molar refractivity (Wildman–Crippen MR) is 50.7 cm³/mol. The lowest BCUT2D eigenvalue weighted by Gasteiger charge is -2.12. The lowest BCUT2D eigenvalue weighted by atomic mass is 9.84. The van der Waals surface area contributed by atoms with Crippen LogP contribution in [0.4, 0.5) is 0 Å². The summed E-state index contributed by atoms with van der Waals surface area (Å²) in [6.45, 7) is 3.43. The molecule has 0 aromatic carbocycles. The van der Waals surface area contributed by atoms with Crippen LogP contribution in [0.5, 0.6) is 0 Å². The Morgan fingerprint density at radius 1 is 0.750 bits per heavy atom. The van der Waals surface area contributed by atoms with Crippen molar-refractivity contribution in [1.82, 2.24) is 0 Å². The highest BCUT2D eigenvalue weighted by atomic mass is 16.1. The van der Waals surface area contributed by atoms with Crippen LogP contribution in [-0.2, 0) is 4.79 Å². The van der Waals surface area contributed by atoms with Gasteiger partial charge in [0.1, 0.15) is 35.4 Å². The number of hydrogen-bond acceptors (Lipinski definition) is 5. The Balaban J connectivity index is 3.67. The van der Waals surface area contributed by atoms with Gasteiger partial charge in [-0.2, -0.15) is 21.0 Å². The van der Waals surface area contributed by atoms with E-state index < -0.39 is 16.9 Å². The topological polar surface area (TPSA) is 112 Å². The average Bonchev–Trinajstić information content (AvgIpc) is 2.30. The molecule has 16 heavy (non-hydrogen) atoms. The average molecular weight is 206 g/mol. The van der Waals surface area contributed by atoms with Gasteiger partial charge in [0.25, 0.3) is 0 Å². The molecule has 0 aromatic heterocycles. The van der Waals surface area contributed by atoms with Crippen LogP contribution >= 0.6 is 0 Å². The number of carbonyl (C=O) groups excluding carboxylic acids is 1. The molecule has 5 nitrogen and oxygen atoms in total. The highest BCUT2D eigenvalue weighted by Gasteiger charge is 2.31. The second-order valence-electron chi connectivity index (χ2n) is 2.75. The summed E-state index contributed by atoms with van der Waals surface area (Å²) in [6.07, 6.45) is 0. The van der Waals surface area contributed by atoms with Crippen molar-refractivity contribution in [1.29, 1.82) is 21.0 Å². The molecular weight excluding hydrogens is 204 g/mol. The van der Waals surface area contributed by atoms with Crippen molar-refractivity contribution in [2.75, 3.05) is 0 Å². The van der Waals surface area contributed by atoms with Crippen LogP contribution in [0.2, 0.25) is 0 Å². The summed E-state index contributed by atoms with van der Waals surface area (Å²) in [6, 6.07) is 6.36. The molecule has 0 radical (unpaired) electrons. The minimum Gasteiger partial charge on any atom is -0.287 e. The summed E-state index contributed by atoms with van der Waals surface area (Å²) in [5.41, 5.74) is -1.44. The number of Topliss-reactive ketones (excluding diaryl/α,β-unsaturated/α-hetero) is 1. The Morgan fingerprint density at radius 3 is 1.31 bits per heavy atom. The number of allylic oxidation sites excluding steroid dienone is 5. The number of rotatable bonds is 0. The van der Waals surface area contributed by atoms with E-state index in [1.165, 1.54) is 0 Å². The van der Waals surface area contributed by atoms with Gasteiger partial charge in [-0.25, -0.2) is 0 Å². The van der Waals surface area contributed by atoms with Crippen LogP contribution in [0.15, 0.2) is 34.4 Å². The Hall–Kier alpha value is -3.15. The molecule has 72 valence electrons. The number of carbonyl (C=O) groups is 1. The van der Waals surface area contributed by atoms with Gasteiger partial charge in [0, 0.05) is 5.57 Å². The van der Waals surface area contributed by atoms with Crippen LogP contribution in [0.1, 0.15) is 0 Å². The van der Waals surface area contributed by atoms with E-state index >= 15 is 0 Å². The fraction of sp³-hybridized carbons (Fsp3) is 0. The molecule has 0 amide bonds. The summed E-state index contributed by atoms with van der Waals surface area (Å²) in [5, 5.41) is 35.0. The van der Waals surface area contributed by atoms with Gasteiger partial charge >= 0.3 is 0 Å². The molecular formula is C11H2N4O. The maximum absolute atomic E-state index is 11.6. The molecule has 0 spiro atoms. The van der Waals surface area contributed by atoms with E-state index in [2.05, 4.69) is 6.58 Å². The molecule has 1 rings (SSSR count). The molecule has 0 aliphatic heterocycles. The molecule has 0 bridgehead atoms. The number of hydrogen-bond donors (Lipinski definition) is 0. The maximum Gasteiger partial charge on any atom is 0.216 e. The van der Waals surface area contributed by atoms with Gasteiger partial charge in [0.05, 0.1) is 11.1 Å². The zero-order valence-electron chi connectivity index (χ0n) is 7.90. The van der Waals surface area contributed by atoms with Gasteiger partial charge in [-0.3, -0.25) is 4.79 Å². The van der Waals surface area contributed by atoms with E-state index in [4.69, 9.17) is 21.0 Å². The van der Waals surface area contributed by atoms with E-state index in [1.54, 1.807) is 24.3 Å². The SMILES string of the molecule is C=C1C(C#N)=C(C#N)C(=O)C(C#N)=C1C#N. The number of ketones is 1. The monoisotopic (exact) mass is 206 g/mol. The Kier molecular flexibility index (Phi) is 2.68. The van der Waals surface area contributed by atoms with E-state index in [0.717, 1.165) is 0 Å². The third-order valence-electron chi connectivity index (χ3n) is 2.00. The van der Waals surface area contributed by atoms with Crippen molar-refractivity contribution in [2.45, 2.75) is 0 Å². The van der Waals surface area contributed by atoms with Gasteiger partial charge in [-0.05, 0) is 0 Å². The molecule has 1 aliphatic rings. The Morgan fingerprint density at radius 2 is 1.06 bits per heavy atom. The van der Waals surface area contributed by atoms with Crippen LogP contribution in [0.3, 0.4) is 0 Å². The summed E-state index contributed by atoms with van der Waals surface area (Å²) in [4.78, 5) is 11.6. The van der Waals surface area contributed by atoms with Crippen molar-refractivity contribution in [3.63, 3.8) is 0 Å². The van der Waals surface area contributed by atoms with Crippen LogP contribution in [-0.4, -0.2) is 5.78 Å². The lowest BCUT2D eigenvalue weighted by molar-refractivity contribution is -0.111. The predicted octanol–water partition coefficient (Wildman–Crippen LogP) is 0.813. The fourth-order valence-electron chi connectivity index (χ4n) is 1.24. The third kappa shape index (κ3) is 1.26. The molecule has 5 heteroatoms. The molecule has 1 aliphatic carbocycles. The second-order valence-corrected chi connectivity index (χ2v) is 2.75. The van der Waals surface area contributed by atoms with E-state index in [1.807, 2.05) is 0 Å².